The van der Waals surface area contributed by atoms with Crippen LogP contribution in [-0.4, -0.2) is 29.5 Å². The zero-order valence-corrected chi connectivity index (χ0v) is 18.2. The number of ether oxygens (including phenoxy) is 1. The second kappa shape index (κ2) is 9.09. The van der Waals surface area contributed by atoms with E-state index in [9.17, 15) is 19.5 Å². The minimum Gasteiger partial charge on any atom is -0.545 e. The zero-order chi connectivity index (χ0) is 23.5. The summed E-state index contributed by atoms with van der Waals surface area (Å²) in [6, 6.07) is 16.0. The molecule has 1 fully saturated rings. The van der Waals surface area contributed by atoms with Crippen LogP contribution in [0.15, 0.2) is 70.7 Å². The summed E-state index contributed by atoms with van der Waals surface area (Å²) < 4.78 is 11.2. The summed E-state index contributed by atoms with van der Waals surface area (Å²) >= 11 is 5.22. The molecule has 0 unspecified atom stereocenters. The maximum Gasteiger partial charge on any atom is 0.270 e. The number of anilines is 1. The highest BCUT2D eigenvalue weighted by molar-refractivity contribution is 7.80. The molecule has 1 aliphatic heterocycles. The van der Waals surface area contributed by atoms with E-state index in [-0.39, 0.29) is 22.0 Å². The molecule has 8 nitrogen and oxygen atoms in total. The van der Waals surface area contributed by atoms with Crippen molar-refractivity contribution in [1.29, 1.82) is 0 Å². The first-order chi connectivity index (χ1) is 15.9. The molecule has 9 heteroatoms. The number of benzene rings is 2. The summed E-state index contributed by atoms with van der Waals surface area (Å²) in [6.45, 7) is 2.31. The third-order valence-corrected chi connectivity index (χ3v) is 5.09. The van der Waals surface area contributed by atoms with Crippen LogP contribution < -0.4 is 20.1 Å². The molecule has 4 rings (SSSR count). The summed E-state index contributed by atoms with van der Waals surface area (Å²) in [5.74, 6) is -1.25. The fourth-order valence-electron chi connectivity index (χ4n) is 3.27. The average molecular weight is 461 g/mol. The van der Waals surface area contributed by atoms with Crippen LogP contribution in [0.3, 0.4) is 0 Å². The number of amides is 2. The van der Waals surface area contributed by atoms with Crippen molar-refractivity contribution in [1.82, 2.24) is 5.32 Å². The molecule has 1 saturated heterocycles. The van der Waals surface area contributed by atoms with E-state index in [0.29, 0.717) is 29.4 Å². The van der Waals surface area contributed by atoms with Crippen LogP contribution in [0.2, 0.25) is 0 Å². The largest absolute Gasteiger partial charge is 0.545 e. The Morgan fingerprint density at radius 1 is 1.15 bits per heavy atom. The van der Waals surface area contributed by atoms with Crippen LogP contribution in [0.25, 0.3) is 17.4 Å². The quantitative estimate of drug-likeness (QED) is 0.341. The molecule has 2 aromatic carbocycles. The number of nitrogens with one attached hydrogen (secondary N) is 1. The molecule has 0 bridgehead atoms. The standard InChI is InChI=1S/C24H18N2O6S/c1-2-31-17-5-3-4-16(12-17)26-22(28)19(21(27)25-24(26)33)13-18-10-11-20(32-18)14-6-8-15(9-7-14)23(29)30/h3-13H,2H2,1H3,(H,29,30)(H,25,27,33)/p-1/b19-13+. The highest BCUT2D eigenvalue weighted by Crippen LogP contribution is 2.27. The van der Waals surface area contributed by atoms with Gasteiger partial charge in [0.05, 0.1) is 18.3 Å². The fourth-order valence-corrected chi connectivity index (χ4v) is 3.55. The van der Waals surface area contributed by atoms with Gasteiger partial charge in [-0.05, 0) is 55.0 Å². The van der Waals surface area contributed by atoms with Gasteiger partial charge >= 0.3 is 0 Å². The number of nitrogens with zero attached hydrogens (tertiary/aromatic N) is 1. The number of carboxylic acid groups (broad SMARTS) is 1. The SMILES string of the molecule is CCOc1cccc(N2C(=O)/C(=C/c3ccc(-c4ccc(C(=O)[O-])cc4)o3)C(=O)NC2=S)c1. The predicted octanol–water partition coefficient (Wildman–Crippen LogP) is 2.54. The summed E-state index contributed by atoms with van der Waals surface area (Å²) in [4.78, 5) is 37.8. The van der Waals surface area contributed by atoms with Crippen molar-refractivity contribution >= 4 is 46.9 Å². The van der Waals surface area contributed by atoms with Crippen LogP contribution in [0, 0.1) is 0 Å². The Hall–Kier alpha value is -4.24. The molecule has 3 aromatic rings. The number of hydrogen-bond acceptors (Lipinski definition) is 7. The van der Waals surface area contributed by atoms with Gasteiger partial charge in [-0.15, -0.1) is 0 Å². The molecule has 0 aliphatic carbocycles. The van der Waals surface area contributed by atoms with Gasteiger partial charge < -0.3 is 19.1 Å². The van der Waals surface area contributed by atoms with E-state index < -0.39 is 17.8 Å². The zero-order valence-electron chi connectivity index (χ0n) is 17.4. The van der Waals surface area contributed by atoms with Crippen molar-refractivity contribution < 1.29 is 28.6 Å². The normalized spacial score (nSPS) is 15.0. The second-order valence-electron chi connectivity index (χ2n) is 6.96. The van der Waals surface area contributed by atoms with Crippen LogP contribution in [0.4, 0.5) is 5.69 Å². The number of carboxylic acids is 1. The van der Waals surface area contributed by atoms with E-state index in [1.54, 1.807) is 48.5 Å². The number of thiocarbonyl (C=S) groups is 1. The Labute approximate surface area is 194 Å². The summed E-state index contributed by atoms with van der Waals surface area (Å²) in [5.41, 5.74) is 0.967. The van der Waals surface area contributed by atoms with Gasteiger partial charge in [0.1, 0.15) is 22.8 Å². The third-order valence-electron chi connectivity index (χ3n) is 4.81. The number of furan rings is 1. The molecule has 166 valence electrons. The van der Waals surface area contributed by atoms with Crippen molar-refractivity contribution in [2.45, 2.75) is 6.92 Å². The van der Waals surface area contributed by atoms with Gasteiger partial charge in [-0.2, -0.15) is 0 Å². The average Bonchev–Trinajstić information content (AvgIpc) is 3.26. The number of carbonyl (C=O) groups is 3. The van der Waals surface area contributed by atoms with Gasteiger partial charge in [0.2, 0.25) is 0 Å². The topological polar surface area (TPSA) is 112 Å². The summed E-state index contributed by atoms with van der Waals surface area (Å²) in [7, 11) is 0. The molecule has 1 aromatic heterocycles. The fraction of sp³-hybridized carbons (Fsp3) is 0.0833. The summed E-state index contributed by atoms with van der Waals surface area (Å²) in [5, 5.41) is 13.4. The van der Waals surface area contributed by atoms with E-state index in [1.165, 1.54) is 23.1 Å². The number of aromatic carboxylic acids is 1. The van der Waals surface area contributed by atoms with E-state index in [1.807, 2.05) is 6.92 Å². The molecule has 0 atom stereocenters. The smallest absolute Gasteiger partial charge is 0.270 e. The second-order valence-corrected chi connectivity index (χ2v) is 7.34. The Kier molecular flexibility index (Phi) is 6.05. The minimum absolute atomic E-state index is 0.0380. The third kappa shape index (κ3) is 4.53. The maximum atomic E-state index is 13.2. The van der Waals surface area contributed by atoms with Gasteiger partial charge in [-0.3, -0.25) is 19.8 Å². The van der Waals surface area contributed by atoms with Crippen LogP contribution in [0.1, 0.15) is 23.0 Å². The lowest BCUT2D eigenvalue weighted by Crippen LogP contribution is -2.54. The molecular formula is C24H17N2O6S-. The molecule has 1 N–H and O–H groups in total. The van der Waals surface area contributed by atoms with E-state index >= 15 is 0 Å². The Balaban J connectivity index is 1.63. The van der Waals surface area contributed by atoms with E-state index in [2.05, 4.69) is 5.32 Å². The number of carbonyl (C=O) groups excluding carboxylic acids is 3. The number of hydrogen-bond donors (Lipinski definition) is 1. The van der Waals surface area contributed by atoms with E-state index in [0.717, 1.165) is 0 Å². The van der Waals surface area contributed by atoms with Crippen LogP contribution in [-0.2, 0) is 9.59 Å². The predicted molar refractivity (Wildman–Crippen MR) is 122 cm³/mol. The molecule has 0 radical (unpaired) electrons. The highest BCUT2D eigenvalue weighted by Gasteiger charge is 2.35. The van der Waals surface area contributed by atoms with Gasteiger partial charge in [0.25, 0.3) is 11.8 Å². The lowest BCUT2D eigenvalue weighted by Gasteiger charge is -2.29. The van der Waals surface area contributed by atoms with E-state index in [4.69, 9.17) is 21.4 Å². The van der Waals surface area contributed by atoms with Crippen molar-refractivity contribution in [3.8, 4) is 17.1 Å². The first kappa shape index (κ1) is 22.0. The lowest BCUT2D eigenvalue weighted by molar-refractivity contribution is -0.255. The molecule has 33 heavy (non-hydrogen) atoms. The minimum atomic E-state index is -1.28. The van der Waals surface area contributed by atoms with Crippen molar-refractivity contribution in [3.05, 3.63) is 77.6 Å². The molecular weight excluding hydrogens is 444 g/mol. The Morgan fingerprint density at radius 2 is 1.91 bits per heavy atom. The van der Waals surface area contributed by atoms with Crippen molar-refractivity contribution in [2.75, 3.05) is 11.5 Å². The first-order valence-electron chi connectivity index (χ1n) is 9.93. The molecule has 0 spiro atoms. The van der Waals surface area contributed by atoms with Gasteiger partial charge in [-0.1, -0.05) is 30.3 Å². The first-order valence-corrected chi connectivity index (χ1v) is 10.3. The molecule has 2 amide bonds. The van der Waals surface area contributed by atoms with Gasteiger partial charge in [0.15, 0.2) is 5.11 Å². The summed E-state index contributed by atoms with van der Waals surface area (Å²) in [6.07, 6.45) is 1.33. The molecule has 0 saturated carbocycles. The Bertz CT molecular complexity index is 1290. The maximum absolute atomic E-state index is 13.2. The van der Waals surface area contributed by atoms with Crippen LogP contribution in [0.5, 0.6) is 5.75 Å². The van der Waals surface area contributed by atoms with Crippen LogP contribution >= 0.6 is 12.2 Å². The molecule has 1 aliphatic rings. The van der Waals surface area contributed by atoms with Gasteiger partial charge in [-0.25, -0.2) is 0 Å². The Morgan fingerprint density at radius 3 is 2.61 bits per heavy atom. The van der Waals surface area contributed by atoms with Crippen molar-refractivity contribution in [2.24, 2.45) is 0 Å². The lowest BCUT2D eigenvalue weighted by atomic mass is 10.1. The highest BCUT2D eigenvalue weighted by atomic mass is 32.1. The monoisotopic (exact) mass is 461 g/mol. The van der Waals surface area contributed by atoms with Gasteiger partial charge in [0, 0.05) is 11.6 Å². The van der Waals surface area contributed by atoms with Crippen molar-refractivity contribution in [3.63, 3.8) is 0 Å². The number of rotatable bonds is 6. The molecule has 2 heterocycles.